The van der Waals surface area contributed by atoms with E-state index in [4.69, 9.17) is 0 Å². The van der Waals surface area contributed by atoms with E-state index in [-0.39, 0.29) is 11.9 Å². The Hall–Kier alpha value is -1.58. The number of aryl methyl sites for hydroxylation is 2. The number of pyridine rings is 1. The topological polar surface area (TPSA) is 54.0 Å². The molecule has 1 fully saturated rings. The number of hydrogen-bond donors (Lipinski definition) is 2. The molecule has 0 aromatic carbocycles. The Balaban J connectivity index is 1.60. The first-order chi connectivity index (χ1) is 8.31. The van der Waals surface area contributed by atoms with Crippen LogP contribution in [0.15, 0.2) is 12.1 Å². The highest BCUT2D eigenvalue weighted by Gasteiger charge is 2.20. The molecule has 0 bridgehead atoms. The highest BCUT2D eigenvalue weighted by atomic mass is 16.1. The number of hydrogen-bond acceptors (Lipinski definition) is 3. The minimum Gasteiger partial charge on any atom is -0.368 e. The van der Waals surface area contributed by atoms with Gasteiger partial charge in [-0.05, 0) is 37.3 Å². The maximum atomic E-state index is 11.1. The summed E-state index contributed by atoms with van der Waals surface area (Å²) in [5, 5.41) is 6.26. The molecule has 4 heteroatoms. The predicted molar refractivity (Wildman–Crippen MR) is 65.9 cm³/mol. The average Bonchev–Trinajstić information content (AvgIpc) is 2.94. The normalized spacial score (nSPS) is 22.4. The molecule has 2 N–H and O–H groups in total. The molecule has 1 saturated heterocycles. The zero-order valence-corrected chi connectivity index (χ0v) is 9.83. The zero-order chi connectivity index (χ0) is 11.7. The van der Waals surface area contributed by atoms with Crippen molar-refractivity contribution in [2.45, 2.75) is 38.1 Å². The van der Waals surface area contributed by atoms with E-state index in [2.05, 4.69) is 21.7 Å². The summed E-state index contributed by atoms with van der Waals surface area (Å²) in [7, 11) is 0. The summed E-state index contributed by atoms with van der Waals surface area (Å²) >= 11 is 0. The van der Waals surface area contributed by atoms with Crippen molar-refractivity contribution < 1.29 is 4.79 Å². The summed E-state index contributed by atoms with van der Waals surface area (Å²) in [5.74, 6) is 1.10. The van der Waals surface area contributed by atoms with Crippen molar-refractivity contribution in [2.75, 3.05) is 11.9 Å². The molecule has 1 atom stereocenters. The van der Waals surface area contributed by atoms with Crippen molar-refractivity contribution in [2.24, 2.45) is 0 Å². The van der Waals surface area contributed by atoms with Crippen molar-refractivity contribution in [3.63, 3.8) is 0 Å². The zero-order valence-electron chi connectivity index (χ0n) is 9.83. The lowest BCUT2D eigenvalue weighted by molar-refractivity contribution is -0.119. The van der Waals surface area contributed by atoms with E-state index in [1.165, 1.54) is 24.1 Å². The Labute approximate surface area is 101 Å². The molecule has 1 amide bonds. The fourth-order valence-corrected chi connectivity index (χ4v) is 2.58. The van der Waals surface area contributed by atoms with E-state index in [1.54, 1.807) is 0 Å². The largest absolute Gasteiger partial charge is 0.368 e. The van der Waals surface area contributed by atoms with Gasteiger partial charge in [-0.25, -0.2) is 4.98 Å². The van der Waals surface area contributed by atoms with Crippen molar-refractivity contribution in [3.05, 3.63) is 23.4 Å². The first kappa shape index (κ1) is 10.6. The number of rotatable bonds is 3. The maximum Gasteiger partial charge on any atom is 0.220 e. The van der Waals surface area contributed by atoms with Crippen molar-refractivity contribution >= 4 is 11.7 Å². The van der Waals surface area contributed by atoms with Gasteiger partial charge in [-0.15, -0.1) is 0 Å². The molecule has 0 spiro atoms. The third-order valence-electron chi connectivity index (χ3n) is 3.54. The molecule has 0 radical (unpaired) electrons. The first-order valence-electron chi connectivity index (χ1n) is 6.33. The van der Waals surface area contributed by atoms with Gasteiger partial charge in [0.25, 0.3) is 0 Å². The second-order valence-corrected chi connectivity index (χ2v) is 4.84. The number of carbonyl (C=O) groups is 1. The van der Waals surface area contributed by atoms with Gasteiger partial charge in [-0.3, -0.25) is 4.79 Å². The van der Waals surface area contributed by atoms with E-state index < -0.39 is 0 Å². The van der Waals surface area contributed by atoms with Crippen LogP contribution in [0.25, 0.3) is 0 Å². The standard InChI is InChI=1S/C13H17N3O/c17-13-7-5-10(15-13)8-14-12-6-4-9-2-1-3-11(9)16-12/h4,6,10H,1-3,5,7-8H2,(H,14,16)(H,15,17). The third kappa shape index (κ3) is 2.25. The van der Waals surface area contributed by atoms with Gasteiger partial charge >= 0.3 is 0 Å². The average molecular weight is 231 g/mol. The number of fused-ring (bicyclic) bond motifs is 1. The summed E-state index contributed by atoms with van der Waals surface area (Å²) in [5.41, 5.74) is 2.63. The maximum absolute atomic E-state index is 11.1. The van der Waals surface area contributed by atoms with Gasteiger partial charge in [-0.1, -0.05) is 6.07 Å². The molecule has 2 aliphatic rings. The highest BCUT2D eigenvalue weighted by molar-refractivity contribution is 5.78. The van der Waals surface area contributed by atoms with Gasteiger partial charge in [0.1, 0.15) is 5.82 Å². The summed E-state index contributed by atoms with van der Waals surface area (Å²) in [4.78, 5) is 15.7. The van der Waals surface area contributed by atoms with E-state index in [9.17, 15) is 4.79 Å². The molecular weight excluding hydrogens is 214 g/mol. The number of anilines is 1. The number of nitrogens with zero attached hydrogens (tertiary/aromatic N) is 1. The molecule has 1 aliphatic heterocycles. The van der Waals surface area contributed by atoms with E-state index >= 15 is 0 Å². The molecule has 90 valence electrons. The summed E-state index contributed by atoms with van der Waals surface area (Å²) < 4.78 is 0. The Kier molecular flexibility index (Phi) is 2.71. The Morgan fingerprint density at radius 1 is 1.35 bits per heavy atom. The lowest BCUT2D eigenvalue weighted by Crippen LogP contribution is -2.32. The molecule has 1 unspecified atom stereocenters. The predicted octanol–water partition coefficient (Wildman–Crippen LogP) is 1.26. The van der Waals surface area contributed by atoms with Gasteiger partial charge in [-0.2, -0.15) is 0 Å². The fraction of sp³-hybridized carbons (Fsp3) is 0.538. The smallest absolute Gasteiger partial charge is 0.220 e. The number of aromatic nitrogens is 1. The minimum atomic E-state index is 0.165. The van der Waals surface area contributed by atoms with Crippen LogP contribution in [-0.2, 0) is 17.6 Å². The fourth-order valence-electron chi connectivity index (χ4n) is 2.58. The van der Waals surface area contributed by atoms with Crippen LogP contribution in [-0.4, -0.2) is 23.5 Å². The van der Waals surface area contributed by atoms with Crippen LogP contribution in [0.3, 0.4) is 0 Å². The summed E-state index contributed by atoms with van der Waals surface area (Å²) in [6.07, 6.45) is 5.08. The summed E-state index contributed by atoms with van der Waals surface area (Å²) in [6, 6.07) is 4.48. The molecule has 4 nitrogen and oxygen atoms in total. The molecule has 1 aromatic rings. The molecule has 1 aliphatic carbocycles. The van der Waals surface area contributed by atoms with Crippen molar-refractivity contribution in [3.8, 4) is 0 Å². The molecular formula is C13H17N3O. The molecule has 2 heterocycles. The van der Waals surface area contributed by atoms with Crippen LogP contribution in [0.1, 0.15) is 30.5 Å². The SMILES string of the molecule is O=C1CCC(CNc2ccc3c(n2)CCC3)N1. The van der Waals surface area contributed by atoms with Crippen molar-refractivity contribution in [1.29, 1.82) is 0 Å². The number of amides is 1. The molecule has 0 saturated carbocycles. The van der Waals surface area contributed by atoms with Gasteiger partial charge in [0.2, 0.25) is 5.91 Å². The van der Waals surface area contributed by atoms with Gasteiger partial charge in [0, 0.05) is 24.7 Å². The number of nitrogens with one attached hydrogen (secondary N) is 2. The van der Waals surface area contributed by atoms with Crippen molar-refractivity contribution in [1.82, 2.24) is 10.3 Å². The lowest BCUT2D eigenvalue weighted by atomic mass is 10.2. The lowest BCUT2D eigenvalue weighted by Gasteiger charge is -2.12. The van der Waals surface area contributed by atoms with Crippen LogP contribution in [0.4, 0.5) is 5.82 Å². The van der Waals surface area contributed by atoms with Gasteiger partial charge in [0.15, 0.2) is 0 Å². The Morgan fingerprint density at radius 2 is 2.29 bits per heavy atom. The third-order valence-corrected chi connectivity index (χ3v) is 3.54. The van der Waals surface area contributed by atoms with Crippen LogP contribution < -0.4 is 10.6 Å². The first-order valence-corrected chi connectivity index (χ1v) is 6.33. The molecule has 1 aromatic heterocycles. The Morgan fingerprint density at radius 3 is 3.12 bits per heavy atom. The quantitative estimate of drug-likeness (QED) is 0.823. The van der Waals surface area contributed by atoms with Crippen LogP contribution >= 0.6 is 0 Å². The van der Waals surface area contributed by atoms with Crippen LogP contribution in [0, 0.1) is 0 Å². The highest BCUT2D eigenvalue weighted by Crippen LogP contribution is 2.21. The van der Waals surface area contributed by atoms with Gasteiger partial charge < -0.3 is 10.6 Å². The van der Waals surface area contributed by atoms with Gasteiger partial charge in [0.05, 0.1) is 0 Å². The second-order valence-electron chi connectivity index (χ2n) is 4.84. The minimum absolute atomic E-state index is 0.165. The van der Waals surface area contributed by atoms with Crippen LogP contribution in [0.2, 0.25) is 0 Å². The monoisotopic (exact) mass is 231 g/mol. The molecule has 3 rings (SSSR count). The Bertz CT molecular complexity index is 444. The van der Waals surface area contributed by atoms with E-state index in [1.807, 2.05) is 6.07 Å². The van der Waals surface area contributed by atoms with Crippen LogP contribution in [0.5, 0.6) is 0 Å². The second kappa shape index (κ2) is 4.35. The number of carbonyl (C=O) groups excluding carboxylic acids is 1. The van der Waals surface area contributed by atoms with E-state index in [0.717, 1.165) is 25.2 Å². The molecule has 17 heavy (non-hydrogen) atoms. The van der Waals surface area contributed by atoms with E-state index in [0.29, 0.717) is 6.42 Å². The summed E-state index contributed by atoms with van der Waals surface area (Å²) in [6.45, 7) is 0.775.